The molecular formula is C24H34N6O2S2. The number of aromatic nitrogens is 4. The molecule has 1 fully saturated rings. The summed E-state index contributed by atoms with van der Waals surface area (Å²) in [4.78, 5) is 19.5. The molecule has 0 saturated heterocycles. The van der Waals surface area contributed by atoms with Crippen molar-refractivity contribution in [3.05, 3.63) is 24.0 Å². The maximum Gasteiger partial charge on any atom is 0.236 e. The van der Waals surface area contributed by atoms with Gasteiger partial charge in [0.25, 0.3) is 0 Å². The van der Waals surface area contributed by atoms with E-state index in [2.05, 4.69) is 51.0 Å². The van der Waals surface area contributed by atoms with Crippen molar-refractivity contribution in [2.45, 2.75) is 69.6 Å². The van der Waals surface area contributed by atoms with E-state index in [1.54, 1.807) is 0 Å². The van der Waals surface area contributed by atoms with Crippen LogP contribution in [0.15, 0.2) is 23.4 Å². The highest BCUT2D eigenvalue weighted by Crippen LogP contribution is 2.36. The number of fused-ring (bicyclic) bond motifs is 1. The van der Waals surface area contributed by atoms with Gasteiger partial charge in [-0.15, -0.1) is 10.2 Å². The average Bonchev–Trinajstić information content (AvgIpc) is 3.42. The molecule has 0 unspecified atom stereocenters. The number of nitrogens with zero attached hydrogens (tertiary/aromatic N) is 5. The summed E-state index contributed by atoms with van der Waals surface area (Å²) < 4.78 is 8.87. The second-order valence-electron chi connectivity index (χ2n) is 8.81. The number of amides is 1. The molecule has 0 bridgehead atoms. The second-order valence-corrected chi connectivity index (χ2v) is 10.8. The van der Waals surface area contributed by atoms with E-state index in [1.165, 1.54) is 42.4 Å². The van der Waals surface area contributed by atoms with Crippen molar-refractivity contribution in [1.82, 2.24) is 24.6 Å². The minimum atomic E-state index is -0.0894. The average molecular weight is 503 g/mol. The molecule has 0 aliphatic heterocycles. The number of benzene rings is 1. The van der Waals surface area contributed by atoms with E-state index < -0.39 is 0 Å². The summed E-state index contributed by atoms with van der Waals surface area (Å²) in [7, 11) is 4.17. The molecule has 1 N–H and O–H groups in total. The monoisotopic (exact) mass is 502 g/mol. The van der Waals surface area contributed by atoms with E-state index in [1.807, 2.05) is 25.1 Å². The molecule has 34 heavy (non-hydrogen) atoms. The molecule has 1 amide bonds. The quantitative estimate of drug-likeness (QED) is 0.365. The maximum atomic E-state index is 12.8. The minimum Gasteiger partial charge on any atom is -0.494 e. The molecule has 4 rings (SSSR count). The zero-order chi connectivity index (χ0) is 24.1. The summed E-state index contributed by atoms with van der Waals surface area (Å²) in [6.07, 6.45) is 7.00. The van der Waals surface area contributed by atoms with Crippen molar-refractivity contribution in [2.75, 3.05) is 31.8 Å². The molecule has 2 heterocycles. The molecule has 0 radical (unpaired) electrons. The Kier molecular flexibility index (Phi) is 8.44. The number of hydrogen-bond donors (Lipinski definition) is 1. The number of carbonyl (C=O) groups excluding carboxylic acids is 1. The Hall–Kier alpha value is -2.17. The van der Waals surface area contributed by atoms with Crippen LogP contribution >= 0.6 is 23.1 Å². The lowest BCUT2D eigenvalue weighted by atomic mass is 9.95. The number of anilines is 1. The Morgan fingerprint density at radius 2 is 2.06 bits per heavy atom. The number of thioether (sulfide) groups is 1. The lowest BCUT2D eigenvalue weighted by Gasteiger charge is -2.29. The van der Waals surface area contributed by atoms with E-state index in [0.717, 1.165) is 46.2 Å². The van der Waals surface area contributed by atoms with Crippen LogP contribution in [0, 0.1) is 0 Å². The summed E-state index contributed by atoms with van der Waals surface area (Å²) in [6.45, 7) is 4.76. The van der Waals surface area contributed by atoms with Crippen LogP contribution in [0.25, 0.3) is 10.2 Å². The zero-order valence-corrected chi connectivity index (χ0v) is 22.0. The highest BCUT2D eigenvalue weighted by molar-refractivity contribution is 7.99. The summed E-state index contributed by atoms with van der Waals surface area (Å²) in [5, 5.41) is 13.5. The zero-order valence-electron chi connectivity index (χ0n) is 20.4. The van der Waals surface area contributed by atoms with Gasteiger partial charge in [-0.1, -0.05) is 49.3 Å². The number of hydrogen-bond acceptors (Lipinski definition) is 8. The lowest BCUT2D eigenvalue weighted by Crippen LogP contribution is -2.26. The van der Waals surface area contributed by atoms with Gasteiger partial charge >= 0.3 is 0 Å². The smallest absolute Gasteiger partial charge is 0.236 e. The first-order valence-corrected chi connectivity index (χ1v) is 13.9. The maximum absolute atomic E-state index is 12.8. The van der Waals surface area contributed by atoms with Crippen LogP contribution in [0.3, 0.4) is 0 Å². The molecule has 1 aliphatic rings. The number of ether oxygens (including phenoxy) is 1. The predicted molar refractivity (Wildman–Crippen MR) is 139 cm³/mol. The standard InChI is InChI=1S/C24H34N6O2S2/c1-5-19(29(3)4)22-27-28-24(30(22)16-10-8-7-9-11-16)33-15-21(31)26-23-25-18-13-12-17(32-6-2)14-20(18)34-23/h12-14,16,19H,5-11,15H2,1-4H3,(H,25,26,31)/t19-/m0/s1. The first kappa shape index (κ1) is 24.9. The van der Waals surface area contributed by atoms with E-state index in [9.17, 15) is 4.79 Å². The Bertz CT molecular complexity index is 1110. The molecule has 3 aromatic rings. The molecule has 0 spiro atoms. The van der Waals surface area contributed by atoms with Crippen molar-refractivity contribution in [3.8, 4) is 5.75 Å². The van der Waals surface area contributed by atoms with Gasteiger partial charge in [-0.05, 0) is 58.5 Å². The molecular weight excluding hydrogens is 468 g/mol. The van der Waals surface area contributed by atoms with Crippen molar-refractivity contribution < 1.29 is 9.53 Å². The molecule has 10 heteroatoms. The largest absolute Gasteiger partial charge is 0.494 e. The van der Waals surface area contributed by atoms with Crippen molar-refractivity contribution in [3.63, 3.8) is 0 Å². The van der Waals surface area contributed by atoms with Crippen LogP contribution in [0.2, 0.25) is 0 Å². The van der Waals surface area contributed by atoms with Gasteiger partial charge in [0.1, 0.15) is 5.75 Å². The normalized spacial score (nSPS) is 15.7. The summed E-state index contributed by atoms with van der Waals surface area (Å²) >= 11 is 2.92. The van der Waals surface area contributed by atoms with Gasteiger partial charge in [0.15, 0.2) is 16.1 Å². The molecule has 1 aromatic carbocycles. The van der Waals surface area contributed by atoms with Gasteiger partial charge in [0.05, 0.1) is 28.6 Å². The van der Waals surface area contributed by atoms with Crippen molar-refractivity contribution >= 4 is 44.4 Å². The van der Waals surface area contributed by atoms with E-state index >= 15 is 0 Å². The second kappa shape index (κ2) is 11.5. The molecule has 2 aromatic heterocycles. The third-order valence-electron chi connectivity index (χ3n) is 6.19. The number of carbonyl (C=O) groups is 1. The number of nitrogens with one attached hydrogen (secondary N) is 1. The Morgan fingerprint density at radius 1 is 1.26 bits per heavy atom. The summed E-state index contributed by atoms with van der Waals surface area (Å²) in [6, 6.07) is 6.40. The molecule has 184 valence electrons. The minimum absolute atomic E-state index is 0.0894. The van der Waals surface area contributed by atoms with E-state index in [-0.39, 0.29) is 17.7 Å². The summed E-state index contributed by atoms with van der Waals surface area (Å²) in [5.74, 6) is 2.00. The van der Waals surface area contributed by atoms with E-state index in [0.29, 0.717) is 17.8 Å². The van der Waals surface area contributed by atoms with Crippen LogP contribution in [0.5, 0.6) is 5.75 Å². The van der Waals surface area contributed by atoms with Gasteiger partial charge < -0.3 is 14.6 Å². The third-order valence-corrected chi connectivity index (χ3v) is 8.07. The van der Waals surface area contributed by atoms with E-state index in [4.69, 9.17) is 4.74 Å². The van der Waals surface area contributed by atoms with Crippen LogP contribution in [-0.2, 0) is 4.79 Å². The van der Waals surface area contributed by atoms with Crippen LogP contribution in [-0.4, -0.2) is 57.0 Å². The van der Waals surface area contributed by atoms with Crippen molar-refractivity contribution in [1.29, 1.82) is 0 Å². The summed E-state index contributed by atoms with van der Waals surface area (Å²) in [5.41, 5.74) is 0.854. The first-order valence-electron chi connectivity index (χ1n) is 12.1. The van der Waals surface area contributed by atoms with Gasteiger partial charge in [-0.2, -0.15) is 0 Å². The highest BCUT2D eigenvalue weighted by atomic mass is 32.2. The fourth-order valence-electron chi connectivity index (χ4n) is 4.58. The van der Waals surface area contributed by atoms with Crippen LogP contribution in [0.1, 0.15) is 70.3 Å². The fourth-order valence-corrected chi connectivity index (χ4v) is 6.30. The third kappa shape index (κ3) is 5.72. The number of rotatable bonds is 10. The first-order chi connectivity index (χ1) is 16.5. The van der Waals surface area contributed by atoms with Crippen LogP contribution in [0.4, 0.5) is 5.13 Å². The molecule has 1 atom stereocenters. The fraction of sp³-hybridized carbons (Fsp3) is 0.583. The van der Waals surface area contributed by atoms with Crippen LogP contribution < -0.4 is 10.1 Å². The van der Waals surface area contributed by atoms with Gasteiger partial charge in [0, 0.05) is 6.04 Å². The Morgan fingerprint density at radius 3 is 2.76 bits per heavy atom. The molecule has 1 saturated carbocycles. The Labute approximate surface area is 209 Å². The highest BCUT2D eigenvalue weighted by Gasteiger charge is 2.28. The lowest BCUT2D eigenvalue weighted by molar-refractivity contribution is -0.113. The Balaban J connectivity index is 1.46. The van der Waals surface area contributed by atoms with Crippen molar-refractivity contribution in [2.24, 2.45) is 0 Å². The predicted octanol–water partition coefficient (Wildman–Crippen LogP) is 5.54. The van der Waals surface area contributed by atoms with Gasteiger partial charge in [-0.3, -0.25) is 9.69 Å². The number of thiazole rings is 1. The topological polar surface area (TPSA) is 85.2 Å². The molecule has 1 aliphatic carbocycles. The van der Waals surface area contributed by atoms with Gasteiger partial charge in [0.2, 0.25) is 5.91 Å². The van der Waals surface area contributed by atoms with Gasteiger partial charge in [-0.25, -0.2) is 4.98 Å². The SMILES string of the molecule is CCOc1ccc2nc(NC(=O)CSc3nnc([C@H](CC)N(C)C)n3C3CCCCC3)sc2c1. The molecule has 8 nitrogen and oxygen atoms in total.